The Kier molecular flexibility index (Phi) is 2.06. The third-order valence-corrected chi connectivity index (χ3v) is 1.60. The second kappa shape index (κ2) is 2.84. The Balaban J connectivity index is 3.12. The molecule has 0 bridgehead atoms. The molecule has 0 radical (unpaired) electrons. The molecule has 1 heterocycles. The lowest BCUT2D eigenvalue weighted by atomic mass is 10.2. The largest absolute Gasteiger partial charge is 0.298 e. The Morgan fingerprint density at radius 1 is 1.80 bits per heavy atom. The maximum absolute atomic E-state index is 10.3. The first-order valence-corrected chi connectivity index (χ1v) is 3.35. The maximum Gasteiger partial charge on any atom is 0.161 e. The minimum atomic E-state index is 0.256. The van der Waals surface area contributed by atoms with Gasteiger partial charge in [-0.1, -0.05) is 18.5 Å². The molecule has 0 aliphatic heterocycles. The van der Waals surface area contributed by atoms with Crippen molar-refractivity contribution in [1.29, 1.82) is 0 Å². The summed E-state index contributed by atoms with van der Waals surface area (Å²) in [5, 5.41) is 6.59. The summed E-state index contributed by atoms with van der Waals surface area (Å²) in [5.74, 6) is 0. The zero-order valence-corrected chi connectivity index (χ0v) is 6.27. The molecule has 0 aliphatic carbocycles. The van der Waals surface area contributed by atoms with Gasteiger partial charge in [0.25, 0.3) is 0 Å². The van der Waals surface area contributed by atoms with Gasteiger partial charge >= 0.3 is 0 Å². The standard InChI is InChI=1S/C6H7ClN2O/c1-2-5-4(3-10)6(7)9-8-5/h3H,2H2,1H3,(H,8,9). The number of aryl methyl sites for hydroxylation is 1. The number of aldehydes is 1. The highest BCUT2D eigenvalue weighted by Crippen LogP contribution is 2.13. The molecular formula is C6H7ClN2O. The van der Waals surface area contributed by atoms with Crippen LogP contribution < -0.4 is 0 Å². The molecule has 0 atom stereocenters. The van der Waals surface area contributed by atoms with Crippen LogP contribution in [0.2, 0.25) is 5.15 Å². The first kappa shape index (κ1) is 7.28. The summed E-state index contributed by atoms with van der Waals surface area (Å²) in [7, 11) is 0. The van der Waals surface area contributed by atoms with Crippen LogP contribution >= 0.6 is 11.6 Å². The van der Waals surface area contributed by atoms with Crippen LogP contribution in [0.25, 0.3) is 0 Å². The number of halogens is 1. The highest BCUT2D eigenvalue weighted by atomic mass is 35.5. The quantitative estimate of drug-likeness (QED) is 0.662. The predicted molar refractivity (Wildman–Crippen MR) is 38.4 cm³/mol. The minimum Gasteiger partial charge on any atom is -0.298 e. The Morgan fingerprint density at radius 2 is 2.50 bits per heavy atom. The summed E-state index contributed by atoms with van der Waals surface area (Å²) in [6.07, 6.45) is 1.46. The Hall–Kier alpha value is -0.830. The van der Waals surface area contributed by atoms with Gasteiger partial charge in [0.15, 0.2) is 11.4 Å². The first-order valence-electron chi connectivity index (χ1n) is 2.97. The number of rotatable bonds is 2. The number of nitrogens with zero attached hydrogens (tertiary/aromatic N) is 1. The van der Waals surface area contributed by atoms with E-state index in [1.807, 2.05) is 6.92 Å². The maximum atomic E-state index is 10.3. The van der Waals surface area contributed by atoms with Gasteiger partial charge in [0.1, 0.15) is 0 Å². The lowest BCUT2D eigenvalue weighted by molar-refractivity contribution is 0.112. The molecule has 0 spiro atoms. The summed E-state index contributed by atoms with van der Waals surface area (Å²) in [6.45, 7) is 1.93. The van der Waals surface area contributed by atoms with E-state index in [0.717, 1.165) is 12.1 Å². The SMILES string of the molecule is CCc1[nH]nc(Cl)c1C=O. The number of carbonyl (C=O) groups is 1. The Bertz CT molecular complexity index is 244. The van der Waals surface area contributed by atoms with E-state index in [0.29, 0.717) is 11.8 Å². The molecule has 10 heavy (non-hydrogen) atoms. The van der Waals surface area contributed by atoms with Crippen LogP contribution in [-0.4, -0.2) is 16.5 Å². The van der Waals surface area contributed by atoms with Crippen molar-refractivity contribution in [1.82, 2.24) is 10.2 Å². The average Bonchev–Trinajstić information content (AvgIpc) is 2.30. The van der Waals surface area contributed by atoms with E-state index in [2.05, 4.69) is 10.2 Å². The number of hydrogen-bond acceptors (Lipinski definition) is 2. The monoisotopic (exact) mass is 158 g/mol. The van der Waals surface area contributed by atoms with E-state index < -0.39 is 0 Å². The van der Waals surface area contributed by atoms with Crippen LogP contribution in [-0.2, 0) is 6.42 Å². The fraction of sp³-hybridized carbons (Fsp3) is 0.333. The molecule has 0 saturated heterocycles. The third-order valence-electron chi connectivity index (χ3n) is 1.31. The van der Waals surface area contributed by atoms with Crippen molar-refractivity contribution in [3.63, 3.8) is 0 Å². The normalized spacial score (nSPS) is 9.80. The zero-order valence-electron chi connectivity index (χ0n) is 5.52. The lowest BCUT2D eigenvalue weighted by Crippen LogP contribution is -1.86. The molecular weight excluding hydrogens is 152 g/mol. The molecule has 0 aromatic carbocycles. The van der Waals surface area contributed by atoms with Crippen molar-refractivity contribution >= 4 is 17.9 Å². The van der Waals surface area contributed by atoms with Crippen LogP contribution in [0, 0.1) is 0 Å². The van der Waals surface area contributed by atoms with Crippen molar-refractivity contribution in [2.24, 2.45) is 0 Å². The van der Waals surface area contributed by atoms with Crippen molar-refractivity contribution < 1.29 is 4.79 Å². The van der Waals surface area contributed by atoms with Gasteiger partial charge in [-0.3, -0.25) is 9.89 Å². The van der Waals surface area contributed by atoms with Gasteiger partial charge in [-0.05, 0) is 6.42 Å². The molecule has 0 unspecified atom stereocenters. The second-order valence-corrected chi connectivity index (χ2v) is 2.24. The van der Waals surface area contributed by atoms with E-state index in [1.165, 1.54) is 0 Å². The van der Waals surface area contributed by atoms with Gasteiger partial charge < -0.3 is 0 Å². The molecule has 0 fully saturated rings. The van der Waals surface area contributed by atoms with Crippen LogP contribution in [0.3, 0.4) is 0 Å². The fourth-order valence-corrected chi connectivity index (χ4v) is 0.952. The third kappa shape index (κ3) is 1.04. The molecule has 4 heteroatoms. The molecule has 1 N–H and O–H groups in total. The zero-order chi connectivity index (χ0) is 7.56. The van der Waals surface area contributed by atoms with E-state index in [9.17, 15) is 4.79 Å². The molecule has 54 valence electrons. The molecule has 0 saturated carbocycles. The minimum absolute atomic E-state index is 0.256. The Labute approximate surface area is 63.4 Å². The highest BCUT2D eigenvalue weighted by molar-refractivity contribution is 6.31. The van der Waals surface area contributed by atoms with Crippen molar-refractivity contribution in [3.05, 3.63) is 16.4 Å². The Morgan fingerprint density at radius 3 is 2.90 bits per heavy atom. The summed E-state index contributed by atoms with van der Waals surface area (Å²) >= 11 is 5.55. The lowest BCUT2D eigenvalue weighted by Gasteiger charge is -1.87. The van der Waals surface area contributed by atoms with Crippen molar-refractivity contribution in [2.45, 2.75) is 13.3 Å². The first-order chi connectivity index (χ1) is 4.79. The summed E-state index contributed by atoms with van der Waals surface area (Å²) in [5.41, 5.74) is 1.27. The van der Waals surface area contributed by atoms with Crippen molar-refractivity contribution in [2.75, 3.05) is 0 Å². The number of aromatic nitrogens is 2. The number of hydrogen-bond donors (Lipinski definition) is 1. The topological polar surface area (TPSA) is 45.8 Å². The highest BCUT2D eigenvalue weighted by Gasteiger charge is 2.07. The smallest absolute Gasteiger partial charge is 0.161 e. The van der Waals surface area contributed by atoms with Gasteiger partial charge in [-0.15, -0.1) is 0 Å². The summed E-state index contributed by atoms with van der Waals surface area (Å²) in [4.78, 5) is 10.3. The summed E-state index contributed by atoms with van der Waals surface area (Å²) in [6, 6.07) is 0. The second-order valence-electron chi connectivity index (χ2n) is 1.88. The molecule has 0 aliphatic rings. The number of aromatic amines is 1. The van der Waals surface area contributed by atoms with E-state index in [1.54, 1.807) is 0 Å². The van der Waals surface area contributed by atoms with Crippen LogP contribution in [0.1, 0.15) is 23.0 Å². The number of H-pyrrole nitrogens is 1. The van der Waals surface area contributed by atoms with Gasteiger partial charge in [-0.2, -0.15) is 5.10 Å². The van der Waals surface area contributed by atoms with Crippen molar-refractivity contribution in [3.8, 4) is 0 Å². The van der Waals surface area contributed by atoms with E-state index in [-0.39, 0.29) is 5.15 Å². The molecule has 1 rings (SSSR count). The fourth-order valence-electron chi connectivity index (χ4n) is 0.751. The molecule has 1 aromatic rings. The molecule has 3 nitrogen and oxygen atoms in total. The van der Waals surface area contributed by atoms with Gasteiger partial charge in [0.2, 0.25) is 0 Å². The molecule has 0 amide bonds. The van der Waals surface area contributed by atoms with E-state index in [4.69, 9.17) is 11.6 Å². The number of nitrogens with one attached hydrogen (secondary N) is 1. The van der Waals surface area contributed by atoms with Gasteiger partial charge in [0, 0.05) is 5.69 Å². The average molecular weight is 159 g/mol. The number of carbonyl (C=O) groups excluding carboxylic acids is 1. The van der Waals surface area contributed by atoms with Crippen LogP contribution in [0.4, 0.5) is 0 Å². The predicted octanol–water partition coefficient (Wildman–Crippen LogP) is 1.44. The summed E-state index contributed by atoms with van der Waals surface area (Å²) < 4.78 is 0. The van der Waals surface area contributed by atoms with Crippen LogP contribution in [0.15, 0.2) is 0 Å². The molecule has 1 aromatic heterocycles. The van der Waals surface area contributed by atoms with Gasteiger partial charge in [0.05, 0.1) is 5.56 Å². The van der Waals surface area contributed by atoms with Gasteiger partial charge in [-0.25, -0.2) is 0 Å². The van der Waals surface area contributed by atoms with Crippen LogP contribution in [0.5, 0.6) is 0 Å². The van der Waals surface area contributed by atoms with E-state index >= 15 is 0 Å².